The van der Waals surface area contributed by atoms with Gasteiger partial charge in [-0.25, -0.2) is 0 Å². The van der Waals surface area contributed by atoms with Crippen LogP contribution in [0.2, 0.25) is 0 Å². The summed E-state index contributed by atoms with van der Waals surface area (Å²) in [5.41, 5.74) is 6.81. The fourth-order valence-electron chi connectivity index (χ4n) is 4.26. The Morgan fingerprint density at radius 1 is 0.639 bits per heavy atom. The van der Waals surface area contributed by atoms with Gasteiger partial charge in [0.25, 0.3) is 0 Å². The summed E-state index contributed by atoms with van der Waals surface area (Å²) in [6, 6.07) is 26.0. The minimum atomic E-state index is 0.624. The number of nitrogens with zero attached hydrogens (tertiary/aromatic N) is 6. The van der Waals surface area contributed by atoms with Gasteiger partial charge in [0.15, 0.2) is 0 Å². The first-order valence-corrected chi connectivity index (χ1v) is 12.6. The smallest absolute Gasteiger partial charge is 0.0628 e. The summed E-state index contributed by atoms with van der Waals surface area (Å²) in [6.07, 6.45) is 1.82. The molecule has 8 heteroatoms. The van der Waals surface area contributed by atoms with Crippen LogP contribution in [0.1, 0.15) is 28.2 Å². The number of aromatic nitrogens is 5. The second-order valence-electron chi connectivity index (χ2n) is 8.70. The Morgan fingerprint density at radius 3 is 1.56 bits per heavy atom. The van der Waals surface area contributed by atoms with Gasteiger partial charge in [-0.3, -0.25) is 19.2 Å². The summed E-state index contributed by atoms with van der Waals surface area (Å²) in [6.45, 7) is 5.93. The highest BCUT2D eigenvalue weighted by atomic mass is 32.1. The second kappa shape index (κ2) is 10.6. The Kier molecular flexibility index (Phi) is 7.09. The van der Waals surface area contributed by atoms with Crippen LogP contribution in [-0.4, -0.2) is 29.4 Å². The lowest BCUT2D eigenvalue weighted by atomic mass is 10.2. The van der Waals surface area contributed by atoms with E-state index in [0.29, 0.717) is 19.6 Å². The monoisotopic (exact) mass is 510 g/mol. The van der Waals surface area contributed by atoms with Crippen LogP contribution in [0.25, 0.3) is 11.4 Å². The molecule has 5 aromatic rings. The van der Waals surface area contributed by atoms with Crippen LogP contribution in [0.15, 0.2) is 95.1 Å². The Morgan fingerprint density at radius 2 is 1.11 bits per heavy atom. The lowest BCUT2D eigenvalue weighted by molar-refractivity contribution is 0.240. The molecule has 0 aliphatic rings. The standard InChI is InChI=1S/C28H28N6S2/c1-20-25(27(35)33(30-20)23-12-5-3-6-13-23)18-32(17-22-11-9-10-16-29-22)19-26-21(2)31-34(28(26)36)24-14-7-4-8-15-24/h3-16,35-36H,17-19H2,1-2H3/p-2. The Balaban J connectivity index is 1.49. The average molecular weight is 511 g/mol. The summed E-state index contributed by atoms with van der Waals surface area (Å²) < 4.78 is 3.69. The van der Waals surface area contributed by atoms with Crippen molar-refractivity contribution >= 4 is 25.3 Å². The van der Waals surface area contributed by atoms with Gasteiger partial charge in [-0.2, -0.15) is 10.2 Å². The fraction of sp³-hybridized carbons (Fsp3) is 0.179. The minimum Gasteiger partial charge on any atom is -0.760 e. The SMILES string of the molecule is Cc1nn(-c2ccccc2)c([S-])c1CN(Cc1ccccn1)Cc1c(C)nn(-c2ccccc2)c1[S-]. The summed E-state index contributed by atoms with van der Waals surface area (Å²) in [5.74, 6) is 0. The summed E-state index contributed by atoms with van der Waals surface area (Å²) in [5, 5.41) is 11.0. The van der Waals surface area contributed by atoms with Crippen molar-refractivity contribution in [2.45, 2.75) is 43.5 Å². The van der Waals surface area contributed by atoms with Gasteiger partial charge in [0, 0.05) is 25.8 Å². The van der Waals surface area contributed by atoms with Crippen molar-refractivity contribution in [3.8, 4) is 11.4 Å². The molecule has 0 radical (unpaired) electrons. The molecule has 0 aliphatic carbocycles. The van der Waals surface area contributed by atoms with Gasteiger partial charge >= 0.3 is 0 Å². The van der Waals surface area contributed by atoms with E-state index in [1.165, 1.54) is 0 Å². The van der Waals surface area contributed by atoms with Crippen LogP contribution < -0.4 is 0 Å². The number of rotatable bonds is 8. The fourth-order valence-corrected chi connectivity index (χ4v) is 4.98. The lowest BCUT2D eigenvalue weighted by Crippen LogP contribution is -2.24. The van der Waals surface area contributed by atoms with Gasteiger partial charge in [-0.05, 0) is 61.4 Å². The number of aryl methyl sites for hydroxylation is 2. The van der Waals surface area contributed by atoms with Gasteiger partial charge in [0.2, 0.25) is 0 Å². The summed E-state index contributed by atoms with van der Waals surface area (Å²) in [4.78, 5) is 6.87. The van der Waals surface area contributed by atoms with Crippen LogP contribution in [-0.2, 0) is 44.9 Å². The highest BCUT2D eigenvalue weighted by Crippen LogP contribution is 2.25. The lowest BCUT2D eigenvalue weighted by Gasteiger charge is -2.25. The molecule has 3 aromatic heterocycles. The molecule has 0 saturated carbocycles. The molecule has 0 spiro atoms. The van der Waals surface area contributed by atoms with Crippen LogP contribution in [0.3, 0.4) is 0 Å². The van der Waals surface area contributed by atoms with E-state index in [1.54, 1.807) is 0 Å². The molecule has 0 bridgehead atoms. The molecule has 0 atom stereocenters. The van der Waals surface area contributed by atoms with Crippen molar-refractivity contribution in [1.29, 1.82) is 0 Å². The van der Waals surface area contributed by atoms with Gasteiger partial charge in [0.1, 0.15) is 0 Å². The molecule has 0 saturated heterocycles. The number of pyridine rings is 1. The zero-order valence-electron chi connectivity index (χ0n) is 20.2. The van der Waals surface area contributed by atoms with Crippen molar-refractivity contribution in [2.75, 3.05) is 0 Å². The maximum absolute atomic E-state index is 5.88. The third-order valence-corrected chi connectivity index (χ3v) is 6.99. The highest BCUT2D eigenvalue weighted by Gasteiger charge is 2.17. The molecule has 36 heavy (non-hydrogen) atoms. The van der Waals surface area contributed by atoms with E-state index in [2.05, 4.69) is 9.88 Å². The number of para-hydroxylation sites is 2. The van der Waals surface area contributed by atoms with Crippen molar-refractivity contribution in [3.05, 3.63) is 113 Å². The van der Waals surface area contributed by atoms with E-state index in [9.17, 15) is 0 Å². The maximum Gasteiger partial charge on any atom is 0.0628 e. The molecule has 0 fully saturated rings. The van der Waals surface area contributed by atoms with Crippen LogP contribution in [0.5, 0.6) is 0 Å². The average Bonchev–Trinajstić information content (AvgIpc) is 3.35. The largest absolute Gasteiger partial charge is 0.760 e. The van der Waals surface area contributed by atoms with Crippen molar-refractivity contribution in [1.82, 2.24) is 29.4 Å². The Hall–Kier alpha value is -3.59. The molecular weight excluding hydrogens is 484 g/mol. The number of hydrogen-bond acceptors (Lipinski definition) is 6. The zero-order valence-corrected chi connectivity index (χ0v) is 21.8. The molecule has 5 rings (SSSR count). The minimum absolute atomic E-state index is 0.624. The molecular formula is C28H26N6S2-2. The van der Waals surface area contributed by atoms with Crippen molar-refractivity contribution in [2.24, 2.45) is 0 Å². The highest BCUT2D eigenvalue weighted by molar-refractivity contribution is 7.58. The Bertz CT molecular complexity index is 1350. The van der Waals surface area contributed by atoms with E-state index < -0.39 is 0 Å². The van der Waals surface area contributed by atoms with Gasteiger partial charge in [-0.1, -0.05) is 52.5 Å². The van der Waals surface area contributed by atoms with Crippen LogP contribution in [0.4, 0.5) is 0 Å². The van der Waals surface area contributed by atoms with Crippen molar-refractivity contribution in [3.63, 3.8) is 0 Å². The van der Waals surface area contributed by atoms with Crippen LogP contribution in [0, 0.1) is 13.8 Å². The number of benzene rings is 2. The first kappa shape index (κ1) is 24.1. The molecule has 6 nitrogen and oxygen atoms in total. The van der Waals surface area contributed by atoms with E-state index >= 15 is 0 Å². The molecule has 0 amide bonds. The molecule has 0 unspecified atom stereocenters. The quantitative estimate of drug-likeness (QED) is 0.271. The summed E-state index contributed by atoms with van der Waals surface area (Å²) >= 11 is 11.8. The number of hydrogen-bond donors (Lipinski definition) is 0. The first-order chi connectivity index (χ1) is 17.5. The molecule has 182 valence electrons. The molecule has 3 heterocycles. The van der Waals surface area contributed by atoms with Crippen LogP contribution >= 0.6 is 0 Å². The third-order valence-electron chi connectivity index (χ3n) is 6.15. The van der Waals surface area contributed by atoms with Gasteiger partial charge < -0.3 is 25.3 Å². The molecule has 0 aliphatic heterocycles. The van der Waals surface area contributed by atoms with E-state index in [1.807, 2.05) is 108 Å². The molecule has 2 aromatic carbocycles. The van der Waals surface area contributed by atoms with E-state index in [-0.39, 0.29) is 0 Å². The first-order valence-electron chi connectivity index (χ1n) is 11.8. The van der Waals surface area contributed by atoms with Crippen molar-refractivity contribution < 1.29 is 0 Å². The van der Waals surface area contributed by atoms with Gasteiger partial charge in [-0.15, -0.1) is 0 Å². The molecule has 0 N–H and O–H groups in total. The normalized spacial score (nSPS) is 11.3. The predicted octanol–water partition coefficient (Wildman–Crippen LogP) is 5.08. The summed E-state index contributed by atoms with van der Waals surface area (Å²) in [7, 11) is 0. The maximum atomic E-state index is 5.88. The second-order valence-corrected chi connectivity index (χ2v) is 9.47. The third kappa shape index (κ3) is 5.02. The van der Waals surface area contributed by atoms with Gasteiger partial charge in [0.05, 0.1) is 28.5 Å². The topological polar surface area (TPSA) is 51.8 Å². The van der Waals surface area contributed by atoms with E-state index in [0.717, 1.165) is 49.6 Å². The Labute approximate surface area is 222 Å². The predicted molar refractivity (Wildman–Crippen MR) is 145 cm³/mol. The zero-order chi connectivity index (χ0) is 25.1. The van der Waals surface area contributed by atoms with E-state index in [4.69, 9.17) is 35.5 Å².